The predicted octanol–water partition coefficient (Wildman–Crippen LogP) is 3.70. The summed E-state index contributed by atoms with van der Waals surface area (Å²) in [5.74, 6) is -0.262. The van der Waals surface area contributed by atoms with Gasteiger partial charge in [0.05, 0.1) is 11.6 Å². The molecule has 1 fully saturated rings. The maximum Gasteiger partial charge on any atom is 0.264 e. The lowest BCUT2D eigenvalue weighted by molar-refractivity contribution is -0.126. The van der Waals surface area contributed by atoms with Crippen LogP contribution in [-0.2, 0) is 4.79 Å². The highest BCUT2D eigenvalue weighted by Gasteiger charge is 2.24. The van der Waals surface area contributed by atoms with E-state index in [0.717, 1.165) is 5.69 Å². The first kappa shape index (κ1) is 20.6. The number of anilines is 1. The standard InChI is InChI=1S/C22H22ClN3O3/c1-2-29-20-14-16(13-19(23)21(20)27)12-17(15-24)22(28)26-10-8-25(9-11-26)18-6-4-3-5-7-18/h3-7,12-14,27H,2,8-11H2,1H3/b17-12+. The Labute approximate surface area is 175 Å². The molecular weight excluding hydrogens is 390 g/mol. The van der Waals surface area contributed by atoms with Crippen LogP contribution in [0.25, 0.3) is 6.08 Å². The number of nitriles is 1. The van der Waals surface area contributed by atoms with Crippen LogP contribution in [0, 0.1) is 11.3 Å². The summed E-state index contributed by atoms with van der Waals surface area (Å²) in [4.78, 5) is 16.7. The molecule has 150 valence electrons. The van der Waals surface area contributed by atoms with E-state index in [1.165, 1.54) is 12.1 Å². The Kier molecular flexibility index (Phi) is 6.63. The first-order valence-electron chi connectivity index (χ1n) is 9.40. The van der Waals surface area contributed by atoms with E-state index in [4.69, 9.17) is 16.3 Å². The van der Waals surface area contributed by atoms with Crippen LogP contribution in [0.3, 0.4) is 0 Å². The number of phenolic OH excluding ortho intramolecular Hbond substituents is 1. The van der Waals surface area contributed by atoms with E-state index in [-0.39, 0.29) is 28.0 Å². The summed E-state index contributed by atoms with van der Waals surface area (Å²) in [6.45, 7) is 4.62. The summed E-state index contributed by atoms with van der Waals surface area (Å²) in [5.41, 5.74) is 1.66. The minimum absolute atomic E-state index is 0.0161. The number of nitrogens with zero attached hydrogens (tertiary/aromatic N) is 3. The molecule has 29 heavy (non-hydrogen) atoms. The lowest BCUT2D eigenvalue weighted by Crippen LogP contribution is -2.49. The Balaban J connectivity index is 1.74. The number of para-hydroxylation sites is 1. The molecule has 1 N–H and O–H groups in total. The van der Waals surface area contributed by atoms with Gasteiger partial charge in [-0.1, -0.05) is 29.8 Å². The molecule has 1 aliphatic rings. The van der Waals surface area contributed by atoms with Crippen molar-refractivity contribution in [3.05, 3.63) is 58.6 Å². The van der Waals surface area contributed by atoms with Gasteiger partial charge in [-0.05, 0) is 42.8 Å². The molecule has 0 saturated carbocycles. The van der Waals surface area contributed by atoms with Crippen molar-refractivity contribution < 1.29 is 14.6 Å². The van der Waals surface area contributed by atoms with Gasteiger partial charge >= 0.3 is 0 Å². The van der Waals surface area contributed by atoms with Gasteiger partial charge in [0.2, 0.25) is 0 Å². The van der Waals surface area contributed by atoms with Crippen molar-refractivity contribution in [2.75, 3.05) is 37.7 Å². The monoisotopic (exact) mass is 411 g/mol. The summed E-state index contributed by atoms with van der Waals surface area (Å²) < 4.78 is 5.36. The fraction of sp³-hybridized carbons (Fsp3) is 0.273. The SMILES string of the molecule is CCOc1cc(/C=C(\C#N)C(=O)N2CCN(c3ccccc3)CC2)cc(Cl)c1O. The Hall–Kier alpha value is -3.17. The maximum atomic E-state index is 12.8. The van der Waals surface area contributed by atoms with Crippen LogP contribution in [-0.4, -0.2) is 48.7 Å². The topological polar surface area (TPSA) is 76.8 Å². The summed E-state index contributed by atoms with van der Waals surface area (Å²) in [5, 5.41) is 19.6. The number of piperazine rings is 1. The highest BCUT2D eigenvalue weighted by molar-refractivity contribution is 6.32. The van der Waals surface area contributed by atoms with Gasteiger partial charge in [-0.2, -0.15) is 5.26 Å². The van der Waals surface area contributed by atoms with Gasteiger partial charge < -0.3 is 19.6 Å². The van der Waals surface area contributed by atoms with Gasteiger partial charge in [0.15, 0.2) is 11.5 Å². The summed E-state index contributed by atoms with van der Waals surface area (Å²) in [6, 6.07) is 15.1. The van der Waals surface area contributed by atoms with E-state index in [0.29, 0.717) is 38.3 Å². The second-order valence-corrected chi connectivity index (χ2v) is 6.97. The van der Waals surface area contributed by atoms with Crippen LogP contribution in [0.1, 0.15) is 12.5 Å². The molecule has 0 spiro atoms. The molecule has 0 radical (unpaired) electrons. The molecule has 0 aromatic heterocycles. The van der Waals surface area contributed by atoms with Crippen molar-refractivity contribution in [2.24, 2.45) is 0 Å². The van der Waals surface area contributed by atoms with Crippen molar-refractivity contribution in [1.82, 2.24) is 4.90 Å². The zero-order valence-corrected chi connectivity index (χ0v) is 16.9. The summed E-state index contributed by atoms with van der Waals surface area (Å²) >= 11 is 6.04. The van der Waals surface area contributed by atoms with Crippen molar-refractivity contribution >= 4 is 29.3 Å². The van der Waals surface area contributed by atoms with E-state index in [1.54, 1.807) is 17.9 Å². The average molecular weight is 412 g/mol. The number of carbonyl (C=O) groups is 1. The lowest BCUT2D eigenvalue weighted by atomic mass is 10.1. The lowest BCUT2D eigenvalue weighted by Gasteiger charge is -2.36. The predicted molar refractivity (Wildman–Crippen MR) is 113 cm³/mol. The normalized spacial score (nSPS) is 14.4. The van der Waals surface area contributed by atoms with E-state index in [1.807, 2.05) is 36.4 Å². The van der Waals surface area contributed by atoms with Gasteiger partial charge in [0.1, 0.15) is 11.6 Å². The Bertz CT molecular complexity index is 946. The Morgan fingerprint density at radius 2 is 1.93 bits per heavy atom. The van der Waals surface area contributed by atoms with Crippen LogP contribution in [0.2, 0.25) is 5.02 Å². The minimum Gasteiger partial charge on any atom is -0.503 e. The molecule has 0 bridgehead atoms. The van der Waals surface area contributed by atoms with Gasteiger partial charge in [-0.3, -0.25) is 4.79 Å². The zero-order chi connectivity index (χ0) is 20.8. The fourth-order valence-corrected chi connectivity index (χ4v) is 3.45. The van der Waals surface area contributed by atoms with Crippen LogP contribution >= 0.6 is 11.6 Å². The third-order valence-corrected chi connectivity index (χ3v) is 4.99. The highest BCUT2D eigenvalue weighted by atomic mass is 35.5. The van der Waals surface area contributed by atoms with Gasteiger partial charge in [-0.25, -0.2) is 0 Å². The average Bonchev–Trinajstić information content (AvgIpc) is 2.76. The first-order chi connectivity index (χ1) is 14.0. The fourth-order valence-electron chi connectivity index (χ4n) is 3.23. The van der Waals surface area contributed by atoms with Crippen molar-refractivity contribution in [3.63, 3.8) is 0 Å². The van der Waals surface area contributed by atoms with E-state index in [2.05, 4.69) is 4.90 Å². The Morgan fingerprint density at radius 1 is 1.24 bits per heavy atom. The number of aromatic hydroxyl groups is 1. The molecule has 1 aliphatic heterocycles. The molecular formula is C22H22ClN3O3. The van der Waals surface area contributed by atoms with Crippen LogP contribution in [0.5, 0.6) is 11.5 Å². The molecule has 0 aliphatic carbocycles. The molecule has 0 unspecified atom stereocenters. The van der Waals surface area contributed by atoms with E-state index >= 15 is 0 Å². The number of amides is 1. The summed E-state index contributed by atoms with van der Waals surface area (Å²) in [7, 11) is 0. The van der Waals surface area contributed by atoms with Crippen LogP contribution in [0.15, 0.2) is 48.0 Å². The number of ether oxygens (including phenoxy) is 1. The number of rotatable bonds is 5. The second-order valence-electron chi connectivity index (χ2n) is 6.57. The molecule has 1 heterocycles. The number of carbonyl (C=O) groups excluding carboxylic acids is 1. The molecule has 1 saturated heterocycles. The molecule has 1 amide bonds. The minimum atomic E-state index is -0.317. The van der Waals surface area contributed by atoms with Gasteiger partial charge in [0, 0.05) is 31.9 Å². The third kappa shape index (κ3) is 4.82. The number of benzene rings is 2. The highest BCUT2D eigenvalue weighted by Crippen LogP contribution is 2.36. The largest absolute Gasteiger partial charge is 0.503 e. The van der Waals surface area contributed by atoms with Gasteiger partial charge in [0.25, 0.3) is 5.91 Å². The quantitative estimate of drug-likeness (QED) is 0.599. The summed E-state index contributed by atoms with van der Waals surface area (Å²) in [6.07, 6.45) is 1.47. The molecule has 2 aromatic rings. The number of hydrogen-bond donors (Lipinski definition) is 1. The third-order valence-electron chi connectivity index (χ3n) is 4.70. The molecule has 0 atom stereocenters. The first-order valence-corrected chi connectivity index (χ1v) is 9.77. The number of phenols is 1. The van der Waals surface area contributed by atoms with Crippen LogP contribution in [0.4, 0.5) is 5.69 Å². The molecule has 3 rings (SSSR count). The van der Waals surface area contributed by atoms with Crippen molar-refractivity contribution in [1.29, 1.82) is 5.26 Å². The van der Waals surface area contributed by atoms with Crippen LogP contribution < -0.4 is 9.64 Å². The van der Waals surface area contributed by atoms with Crippen molar-refractivity contribution in [3.8, 4) is 17.6 Å². The van der Waals surface area contributed by atoms with E-state index in [9.17, 15) is 15.2 Å². The molecule has 7 heteroatoms. The molecule has 2 aromatic carbocycles. The van der Waals surface area contributed by atoms with Gasteiger partial charge in [-0.15, -0.1) is 0 Å². The number of halogens is 1. The Morgan fingerprint density at radius 3 is 2.55 bits per heavy atom. The van der Waals surface area contributed by atoms with E-state index < -0.39 is 0 Å². The smallest absolute Gasteiger partial charge is 0.264 e. The zero-order valence-electron chi connectivity index (χ0n) is 16.1. The molecule has 6 nitrogen and oxygen atoms in total. The second kappa shape index (κ2) is 9.35. The maximum absolute atomic E-state index is 12.8. The van der Waals surface area contributed by atoms with Crippen molar-refractivity contribution in [2.45, 2.75) is 6.92 Å². The number of hydrogen-bond acceptors (Lipinski definition) is 5.